The zero-order valence-corrected chi connectivity index (χ0v) is 21.0. The van der Waals surface area contributed by atoms with Crippen LogP contribution in [-0.4, -0.2) is 41.4 Å². The number of urea groups is 1. The molecule has 35 heavy (non-hydrogen) atoms. The summed E-state index contributed by atoms with van der Waals surface area (Å²) in [6.07, 6.45) is 5.18. The van der Waals surface area contributed by atoms with Gasteiger partial charge in [0, 0.05) is 23.2 Å². The summed E-state index contributed by atoms with van der Waals surface area (Å²) < 4.78 is 5.22. The Bertz CT molecular complexity index is 1060. The molecular formula is C28H33N3O3S. The Balaban J connectivity index is 1.51. The number of carbonyl (C=O) groups is 2. The molecule has 4 rings (SSSR count). The lowest BCUT2D eigenvalue weighted by molar-refractivity contribution is -0.133. The maximum atomic E-state index is 13.7. The number of rotatable bonds is 9. The first-order valence-corrected chi connectivity index (χ1v) is 13.1. The van der Waals surface area contributed by atoms with Crippen molar-refractivity contribution in [2.24, 2.45) is 0 Å². The van der Waals surface area contributed by atoms with Gasteiger partial charge in [-0.3, -0.25) is 4.79 Å². The van der Waals surface area contributed by atoms with Gasteiger partial charge in [-0.1, -0.05) is 55.7 Å². The van der Waals surface area contributed by atoms with Crippen LogP contribution in [0.25, 0.3) is 0 Å². The number of thiophene rings is 1. The molecule has 3 amide bonds. The van der Waals surface area contributed by atoms with E-state index in [0.29, 0.717) is 18.8 Å². The van der Waals surface area contributed by atoms with E-state index < -0.39 is 0 Å². The first-order valence-electron chi connectivity index (χ1n) is 12.2. The predicted molar refractivity (Wildman–Crippen MR) is 141 cm³/mol. The number of hydrogen-bond acceptors (Lipinski definition) is 4. The molecule has 184 valence electrons. The molecule has 1 aliphatic rings. The normalized spacial score (nSPS) is 13.7. The van der Waals surface area contributed by atoms with Gasteiger partial charge in [-0.2, -0.15) is 0 Å². The number of nitrogens with zero attached hydrogens (tertiary/aromatic N) is 2. The number of methoxy groups -OCH3 is 1. The van der Waals surface area contributed by atoms with Crippen molar-refractivity contribution in [2.75, 3.05) is 19.0 Å². The highest BCUT2D eigenvalue weighted by molar-refractivity contribution is 7.09. The van der Waals surface area contributed by atoms with E-state index in [1.165, 1.54) is 6.42 Å². The first-order chi connectivity index (χ1) is 17.1. The smallest absolute Gasteiger partial charge is 0.322 e. The molecule has 0 spiro atoms. The minimum atomic E-state index is -0.230. The molecular weight excluding hydrogens is 458 g/mol. The predicted octanol–water partition coefficient (Wildman–Crippen LogP) is 6.15. The van der Waals surface area contributed by atoms with E-state index in [9.17, 15) is 9.59 Å². The molecule has 1 aliphatic carbocycles. The first kappa shape index (κ1) is 24.8. The number of carbonyl (C=O) groups excluding carboxylic acids is 2. The highest BCUT2D eigenvalue weighted by Crippen LogP contribution is 2.25. The summed E-state index contributed by atoms with van der Waals surface area (Å²) in [4.78, 5) is 31.8. The van der Waals surface area contributed by atoms with E-state index in [0.717, 1.165) is 41.9 Å². The van der Waals surface area contributed by atoms with E-state index >= 15 is 0 Å². The number of nitrogens with one attached hydrogen (secondary N) is 1. The Morgan fingerprint density at radius 1 is 0.943 bits per heavy atom. The third-order valence-electron chi connectivity index (χ3n) is 6.42. The molecule has 3 aromatic rings. The summed E-state index contributed by atoms with van der Waals surface area (Å²) in [5.41, 5.74) is 1.76. The third-order valence-corrected chi connectivity index (χ3v) is 7.28. The van der Waals surface area contributed by atoms with Gasteiger partial charge in [-0.15, -0.1) is 11.3 Å². The summed E-state index contributed by atoms with van der Waals surface area (Å²) in [7, 11) is 1.61. The van der Waals surface area contributed by atoms with Crippen LogP contribution in [0.4, 0.5) is 10.5 Å². The van der Waals surface area contributed by atoms with Gasteiger partial charge < -0.3 is 19.9 Å². The fourth-order valence-electron chi connectivity index (χ4n) is 4.50. The molecule has 0 bridgehead atoms. The van der Waals surface area contributed by atoms with E-state index in [2.05, 4.69) is 5.32 Å². The van der Waals surface area contributed by atoms with Crippen molar-refractivity contribution in [3.63, 3.8) is 0 Å². The monoisotopic (exact) mass is 491 g/mol. The van der Waals surface area contributed by atoms with Crippen LogP contribution in [0.5, 0.6) is 5.75 Å². The largest absolute Gasteiger partial charge is 0.497 e. The maximum Gasteiger partial charge on any atom is 0.322 e. The highest BCUT2D eigenvalue weighted by atomic mass is 32.1. The van der Waals surface area contributed by atoms with E-state index in [4.69, 9.17) is 4.74 Å². The second-order valence-electron chi connectivity index (χ2n) is 8.89. The topological polar surface area (TPSA) is 61.9 Å². The Labute approximate surface area is 211 Å². The van der Waals surface area contributed by atoms with Crippen molar-refractivity contribution in [1.82, 2.24) is 9.80 Å². The van der Waals surface area contributed by atoms with Crippen molar-refractivity contribution >= 4 is 29.0 Å². The summed E-state index contributed by atoms with van der Waals surface area (Å²) in [6, 6.07) is 21.1. The second-order valence-corrected chi connectivity index (χ2v) is 9.93. The van der Waals surface area contributed by atoms with Crippen LogP contribution in [0.3, 0.4) is 0 Å². The molecule has 6 nitrogen and oxygen atoms in total. The van der Waals surface area contributed by atoms with Gasteiger partial charge >= 0.3 is 6.03 Å². The second kappa shape index (κ2) is 12.4. The molecule has 1 heterocycles. The third kappa shape index (κ3) is 7.09. The summed E-state index contributed by atoms with van der Waals surface area (Å²) in [5, 5.41) is 5.02. The fraction of sp³-hybridized carbons (Fsp3) is 0.357. The number of benzene rings is 2. The Kier molecular flexibility index (Phi) is 8.79. The maximum absolute atomic E-state index is 13.7. The van der Waals surface area contributed by atoms with Gasteiger partial charge in [0.25, 0.3) is 0 Å². The fourth-order valence-corrected chi connectivity index (χ4v) is 5.22. The lowest BCUT2D eigenvalue weighted by Gasteiger charge is -2.35. The molecule has 1 N–H and O–H groups in total. The SMILES string of the molecule is COc1ccc(NC(=O)N(CC(=O)N(Cc2ccccc2)Cc2cccs2)C2CCCCC2)cc1. The molecule has 0 saturated heterocycles. The van der Waals surface area contributed by atoms with E-state index in [-0.39, 0.29) is 24.5 Å². The van der Waals surface area contributed by atoms with Crippen LogP contribution in [-0.2, 0) is 17.9 Å². The van der Waals surface area contributed by atoms with E-state index in [1.807, 2.05) is 77.0 Å². The van der Waals surface area contributed by atoms with Crippen molar-refractivity contribution in [3.8, 4) is 5.75 Å². The van der Waals surface area contributed by atoms with Gasteiger partial charge in [-0.05, 0) is 54.1 Å². The van der Waals surface area contributed by atoms with Gasteiger partial charge in [-0.25, -0.2) is 4.79 Å². The van der Waals surface area contributed by atoms with Gasteiger partial charge in [0.1, 0.15) is 12.3 Å². The number of hydrogen-bond donors (Lipinski definition) is 1. The van der Waals surface area contributed by atoms with E-state index in [1.54, 1.807) is 23.3 Å². The molecule has 1 fully saturated rings. The zero-order chi connectivity index (χ0) is 24.5. The molecule has 1 aromatic heterocycles. The minimum Gasteiger partial charge on any atom is -0.497 e. The lowest BCUT2D eigenvalue weighted by atomic mass is 9.94. The highest BCUT2D eigenvalue weighted by Gasteiger charge is 2.29. The van der Waals surface area contributed by atoms with Crippen LogP contribution in [0.2, 0.25) is 0 Å². The van der Waals surface area contributed by atoms with Crippen LogP contribution in [0, 0.1) is 0 Å². The standard InChI is InChI=1S/C28H33N3O3S/c1-34-25-16-14-23(15-17-25)29-28(33)31(24-11-6-3-7-12-24)21-27(32)30(20-26-13-8-18-35-26)19-22-9-4-2-5-10-22/h2,4-5,8-10,13-18,24H,3,6-7,11-12,19-21H2,1H3,(H,29,33). The average Bonchev–Trinajstić information content (AvgIpc) is 3.41. The quantitative estimate of drug-likeness (QED) is 0.390. The van der Waals surface area contributed by atoms with Gasteiger partial charge in [0.15, 0.2) is 0 Å². The van der Waals surface area contributed by atoms with Crippen LogP contribution >= 0.6 is 11.3 Å². The Morgan fingerprint density at radius 2 is 1.69 bits per heavy atom. The zero-order valence-electron chi connectivity index (χ0n) is 20.2. The summed E-state index contributed by atoms with van der Waals surface area (Å²) in [6.45, 7) is 1.10. The van der Waals surface area contributed by atoms with Gasteiger partial charge in [0.05, 0.1) is 13.7 Å². The molecule has 0 radical (unpaired) electrons. The minimum absolute atomic E-state index is 0.0438. The van der Waals surface area contributed by atoms with Gasteiger partial charge in [0.2, 0.25) is 5.91 Å². The van der Waals surface area contributed by atoms with Crippen molar-refractivity contribution in [3.05, 3.63) is 82.6 Å². The summed E-state index contributed by atoms with van der Waals surface area (Å²) in [5.74, 6) is 0.685. The van der Waals surface area contributed by atoms with Crippen molar-refractivity contribution in [2.45, 2.75) is 51.2 Å². The number of amides is 3. The Hall–Kier alpha value is -3.32. The molecule has 1 saturated carbocycles. The van der Waals surface area contributed by atoms with Crippen molar-refractivity contribution < 1.29 is 14.3 Å². The molecule has 0 aliphatic heterocycles. The molecule has 7 heteroatoms. The molecule has 2 aromatic carbocycles. The number of anilines is 1. The Morgan fingerprint density at radius 3 is 2.34 bits per heavy atom. The summed E-state index contributed by atoms with van der Waals surface area (Å²) >= 11 is 1.64. The lowest BCUT2D eigenvalue weighted by Crippen LogP contribution is -2.49. The number of ether oxygens (including phenoxy) is 1. The molecule has 0 atom stereocenters. The van der Waals surface area contributed by atoms with Crippen molar-refractivity contribution in [1.29, 1.82) is 0 Å². The van der Waals surface area contributed by atoms with Crippen LogP contribution < -0.4 is 10.1 Å². The average molecular weight is 492 g/mol. The van der Waals surface area contributed by atoms with Crippen LogP contribution in [0.1, 0.15) is 42.5 Å². The molecule has 0 unspecified atom stereocenters. The van der Waals surface area contributed by atoms with Crippen LogP contribution in [0.15, 0.2) is 72.1 Å².